The van der Waals surface area contributed by atoms with Crippen molar-refractivity contribution in [3.05, 3.63) is 48.5 Å². The Labute approximate surface area is 143 Å². The molecule has 130 valence electrons. The molecule has 0 saturated heterocycles. The number of benzene rings is 2. The molecule has 0 aromatic heterocycles. The molecule has 0 atom stereocenters. The van der Waals surface area contributed by atoms with Crippen LogP contribution in [0.2, 0.25) is 0 Å². The molecular weight excluding hydrogens is 349 g/mol. The van der Waals surface area contributed by atoms with Crippen molar-refractivity contribution < 1.29 is 17.0 Å². The summed E-state index contributed by atoms with van der Waals surface area (Å²) in [4.78, 5) is 9.14. The summed E-state index contributed by atoms with van der Waals surface area (Å²) < 4.78 is 40.0. The van der Waals surface area contributed by atoms with Crippen LogP contribution < -0.4 is 21.1 Å². The van der Waals surface area contributed by atoms with Gasteiger partial charge in [0.1, 0.15) is 18.2 Å². The number of hydrogen-bond acceptors (Lipinski definition) is 8. The number of guanidine groups is 2. The molecule has 25 heavy (non-hydrogen) atoms. The molecule has 0 aliphatic carbocycles. The van der Waals surface area contributed by atoms with Crippen LogP contribution >= 0.6 is 0 Å². The van der Waals surface area contributed by atoms with E-state index in [1.165, 1.54) is 12.1 Å². The van der Waals surface area contributed by atoms with Crippen molar-refractivity contribution in [3.63, 3.8) is 0 Å². The van der Waals surface area contributed by atoms with Gasteiger partial charge in [0.2, 0.25) is 11.9 Å². The Bertz CT molecular complexity index is 940. The number of ether oxygens (including phenoxy) is 1. The van der Waals surface area contributed by atoms with E-state index in [4.69, 9.17) is 16.2 Å². The van der Waals surface area contributed by atoms with Crippen molar-refractivity contribution in [1.29, 1.82) is 0 Å². The molecule has 4 N–H and O–H groups in total. The van der Waals surface area contributed by atoms with Crippen LogP contribution in [0.15, 0.2) is 63.4 Å². The number of nitrogens with zero attached hydrogens (tertiary/aromatic N) is 3. The van der Waals surface area contributed by atoms with Gasteiger partial charge in [-0.05, 0) is 48.5 Å². The van der Waals surface area contributed by atoms with Gasteiger partial charge in [0, 0.05) is 5.69 Å². The number of halogens is 1. The number of anilines is 1. The smallest absolute Gasteiger partial charge is 0.332 e. The van der Waals surface area contributed by atoms with Crippen LogP contribution in [0.4, 0.5) is 9.57 Å². The highest BCUT2D eigenvalue weighted by atomic mass is 32.3. The highest BCUT2D eigenvalue weighted by Crippen LogP contribution is 2.26. The minimum Gasteiger partial charge on any atom is -0.457 e. The molecule has 0 spiro atoms. The maximum absolute atomic E-state index is 12.8. The second-order valence-corrected chi connectivity index (χ2v) is 6.41. The minimum absolute atomic E-state index is 0.132. The summed E-state index contributed by atoms with van der Waals surface area (Å²) in [6.07, 6.45) is 0. The molecule has 0 amide bonds. The number of aliphatic imine (C=N–C) groups is 2. The molecule has 10 heteroatoms. The van der Waals surface area contributed by atoms with E-state index in [2.05, 4.69) is 9.98 Å². The number of nitrogens with two attached hydrogens (primary N) is 2. The fraction of sp³-hybridized carbons (Fsp3) is 0.0667. The van der Waals surface area contributed by atoms with Crippen molar-refractivity contribution >= 4 is 27.8 Å². The third-order valence-corrected chi connectivity index (χ3v) is 4.20. The lowest BCUT2D eigenvalue weighted by Crippen LogP contribution is -2.42. The van der Waals surface area contributed by atoms with E-state index in [0.717, 1.165) is 17.8 Å². The Hall–Kier alpha value is -3.14. The van der Waals surface area contributed by atoms with Crippen LogP contribution in [0.5, 0.6) is 11.5 Å². The first-order valence-electron chi connectivity index (χ1n) is 7.07. The average molecular weight is 363 g/mol. The second-order valence-electron chi connectivity index (χ2n) is 5.06. The Morgan fingerprint density at radius 1 is 1.00 bits per heavy atom. The number of rotatable bonds is 4. The topological polar surface area (TPSA) is 123 Å². The Kier molecular flexibility index (Phi) is 4.28. The molecule has 0 bridgehead atoms. The van der Waals surface area contributed by atoms with E-state index >= 15 is 0 Å². The van der Waals surface area contributed by atoms with Crippen LogP contribution in [0, 0.1) is 0 Å². The molecule has 1 aliphatic rings. The molecule has 0 unspecified atom stereocenters. The maximum Gasteiger partial charge on any atom is 0.332 e. The zero-order valence-electron chi connectivity index (χ0n) is 12.8. The number of hydrogen-bond donors (Lipinski definition) is 2. The van der Waals surface area contributed by atoms with Crippen LogP contribution in [0.25, 0.3) is 0 Å². The molecule has 0 radical (unpaired) electrons. The molecular formula is C15H14FN5O3S. The monoisotopic (exact) mass is 363 g/mol. The van der Waals surface area contributed by atoms with Gasteiger partial charge in [0.15, 0.2) is 0 Å². The van der Waals surface area contributed by atoms with Crippen molar-refractivity contribution in [1.82, 2.24) is 0 Å². The third kappa shape index (κ3) is 3.86. The lowest BCUT2D eigenvalue weighted by molar-refractivity contribution is 0.482. The van der Waals surface area contributed by atoms with Gasteiger partial charge in [-0.25, -0.2) is 4.99 Å². The summed E-state index contributed by atoms with van der Waals surface area (Å²) >= 11 is 0. The highest BCUT2D eigenvalue weighted by Gasteiger charge is 2.15. The molecule has 1 heterocycles. The van der Waals surface area contributed by atoms with Crippen LogP contribution in [-0.4, -0.2) is 27.0 Å². The summed E-state index contributed by atoms with van der Waals surface area (Å²) in [6.45, 7) is 0.264. The molecule has 2 aromatic carbocycles. The van der Waals surface area contributed by atoms with Crippen LogP contribution in [-0.2, 0) is 10.2 Å². The molecule has 1 aliphatic heterocycles. The van der Waals surface area contributed by atoms with Gasteiger partial charge in [-0.3, -0.25) is 4.90 Å². The summed E-state index contributed by atoms with van der Waals surface area (Å²) in [6, 6.07) is 11.9. The maximum atomic E-state index is 12.8. The Balaban J connectivity index is 1.72. The van der Waals surface area contributed by atoms with Crippen LogP contribution in [0.3, 0.4) is 0 Å². The summed E-state index contributed by atoms with van der Waals surface area (Å²) in [7, 11) is -4.72. The zero-order valence-corrected chi connectivity index (χ0v) is 13.6. The average Bonchev–Trinajstić information content (AvgIpc) is 2.56. The lowest BCUT2D eigenvalue weighted by atomic mass is 10.2. The minimum atomic E-state index is -4.72. The van der Waals surface area contributed by atoms with E-state index in [0.29, 0.717) is 11.5 Å². The lowest BCUT2D eigenvalue weighted by Gasteiger charge is -2.24. The molecule has 0 saturated carbocycles. The first-order chi connectivity index (χ1) is 11.8. The molecule has 2 aromatic rings. The molecule has 3 rings (SSSR count). The molecule has 8 nitrogen and oxygen atoms in total. The van der Waals surface area contributed by atoms with E-state index < -0.39 is 15.1 Å². The van der Waals surface area contributed by atoms with E-state index in [1.807, 2.05) is 0 Å². The SMILES string of the molecule is NC1=NCN(c2ccc(Oc3ccc(S(=O)(=O)F)cc3)cc2)C(N)=N1. The Morgan fingerprint density at radius 2 is 1.56 bits per heavy atom. The predicted molar refractivity (Wildman–Crippen MR) is 91.8 cm³/mol. The van der Waals surface area contributed by atoms with E-state index in [1.54, 1.807) is 29.2 Å². The van der Waals surface area contributed by atoms with Gasteiger partial charge in [-0.15, -0.1) is 3.89 Å². The van der Waals surface area contributed by atoms with Gasteiger partial charge < -0.3 is 16.2 Å². The van der Waals surface area contributed by atoms with Gasteiger partial charge in [0.05, 0.1) is 4.90 Å². The fourth-order valence-electron chi connectivity index (χ4n) is 2.14. The van der Waals surface area contributed by atoms with Crippen molar-refractivity contribution in [2.45, 2.75) is 4.90 Å². The third-order valence-electron chi connectivity index (χ3n) is 3.37. The molecule has 0 fully saturated rings. The van der Waals surface area contributed by atoms with Gasteiger partial charge in [-0.2, -0.15) is 13.4 Å². The van der Waals surface area contributed by atoms with Crippen molar-refractivity contribution in [2.75, 3.05) is 11.6 Å². The standard InChI is InChI=1S/C15H14FN5O3S/c16-25(22,23)13-7-5-12(6-8-13)24-11-3-1-10(2-4-11)21-9-19-14(17)20-15(21)18/h1-8H,9H2,(H4,17,18,19,20). The summed E-state index contributed by atoms with van der Waals surface area (Å²) in [5.41, 5.74) is 12.1. The van der Waals surface area contributed by atoms with Crippen molar-refractivity contribution in [2.24, 2.45) is 21.5 Å². The Morgan fingerprint density at radius 3 is 2.08 bits per heavy atom. The quantitative estimate of drug-likeness (QED) is 0.794. The highest BCUT2D eigenvalue weighted by molar-refractivity contribution is 7.86. The normalized spacial score (nSPS) is 14.7. The van der Waals surface area contributed by atoms with Crippen LogP contribution in [0.1, 0.15) is 0 Å². The fourth-order valence-corrected chi connectivity index (χ4v) is 2.60. The largest absolute Gasteiger partial charge is 0.457 e. The van der Waals surface area contributed by atoms with Gasteiger partial charge >= 0.3 is 10.2 Å². The first-order valence-corrected chi connectivity index (χ1v) is 8.45. The van der Waals surface area contributed by atoms with Gasteiger partial charge in [0.25, 0.3) is 0 Å². The van der Waals surface area contributed by atoms with E-state index in [-0.39, 0.29) is 18.6 Å². The van der Waals surface area contributed by atoms with Crippen molar-refractivity contribution in [3.8, 4) is 11.5 Å². The predicted octanol–water partition coefficient (Wildman–Crippen LogP) is 1.54. The first kappa shape index (κ1) is 16.7. The zero-order chi connectivity index (χ0) is 18.0. The summed E-state index contributed by atoms with van der Waals surface area (Å²) in [5.74, 6) is 1.25. The van der Waals surface area contributed by atoms with E-state index in [9.17, 15) is 12.3 Å². The summed E-state index contributed by atoms with van der Waals surface area (Å²) in [5, 5.41) is 0. The second kappa shape index (κ2) is 6.40. The van der Waals surface area contributed by atoms with Gasteiger partial charge in [-0.1, -0.05) is 0 Å².